The summed E-state index contributed by atoms with van der Waals surface area (Å²) in [5, 5.41) is 8.40. The number of aromatic nitrogens is 1. The highest BCUT2D eigenvalue weighted by atomic mass is 32.2. The van der Waals surface area contributed by atoms with Crippen LogP contribution in [0.1, 0.15) is 25.6 Å². The van der Waals surface area contributed by atoms with Gasteiger partial charge in [-0.25, -0.2) is 4.98 Å². The van der Waals surface area contributed by atoms with Crippen LogP contribution in [-0.2, 0) is 5.41 Å². The second-order valence-corrected chi connectivity index (χ2v) is 5.94. The van der Waals surface area contributed by atoms with Gasteiger partial charge in [0, 0.05) is 11.1 Å². The molecule has 0 aliphatic rings. The van der Waals surface area contributed by atoms with Crippen molar-refractivity contribution in [3.8, 4) is 6.07 Å². The van der Waals surface area contributed by atoms with Crippen LogP contribution in [0.4, 0.5) is 0 Å². The number of thioether (sulfide) groups is 1. The summed E-state index contributed by atoms with van der Waals surface area (Å²) in [6.45, 7) is 6.50. The number of rotatable bonds is 2. The van der Waals surface area contributed by atoms with E-state index in [0.717, 1.165) is 4.34 Å². The van der Waals surface area contributed by atoms with Crippen LogP contribution in [0, 0.1) is 11.3 Å². The van der Waals surface area contributed by atoms with E-state index < -0.39 is 0 Å². The minimum absolute atomic E-state index is 0.170. The second kappa shape index (κ2) is 4.12. The normalized spacial score (nSPS) is 11.2. The largest absolute Gasteiger partial charge is 0.238 e. The lowest BCUT2D eigenvalue weighted by Crippen LogP contribution is -2.07. The number of hydrogen-bond acceptors (Lipinski definition) is 4. The second-order valence-electron chi connectivity index (χ2n) is 3.69. The molecule has 2 nitrogen and oxygen atoms in total. The Morgan fingerprint density at radius 2 is 2.31 bits per heavy atom. The molecule has 0 saturated carbocycles. The van der Waals surface area contributed by atoms with Crippen LogP contribution in [0.25, 0.3) is 0 Å². The van der Waals surface area contributed by atoms with Crippen LogP contribution in [0.5, 0.6) is 0 Å². The summed E-state index contributed by atoms with van der Waals surface area (Å²) in [5.74, 6) is 0.483. The predicted octanol–water partition coefficient (Wildman–Crippen LogP) is 3.06. The Labute approximate surface area is 87.0 Å². The first-order chi connectivity index (χ1) is 6.04. The van der Waals surface area contributed by atoms with Crippen molar-refractivity contribution in [3.63, 3.8) is 0 Å². The van der Waals surface area contributed by atoms with E-state index in [2.05, 4.69) is 31.8 Å². The molecule has 13 heavy (non-hydrogen) atoms. The maximum Gasteiger partial charge on any atom is 0.151 e. The molecule has 0 amide bonds. The zero-order chi connectivity index (χ0) is 9.90. The quantitative estimate of drug-likeness (QED) is 0.707. The number of nitriles is 1. The van der Waals surface area contributed by atoms with Gasteiger partial charge in [-0.1, -0.05) is 32.5 Å². The Morgan fingerprint density at radius 1 is 1.62 bits per heavy atom. The first-order valence-corrected chi connectivity index (χ1v) is 5.80. The van der Waals surface area contributed by atoms with Gasteiger partial charge in [0.2, 0.25) is 0 Å². The molecule has 1 aromatic rings. The molecule has 0 fully saturated rings. The van der Waals surface area contributed by atoms with Crippen molar-refractivity contribution >= 4 is 23.1 Å². The zero-order valence-electron chi connectivity index (χ0n) is 8.00. The Kier molecular flexibility index (Phi) is 3.34. The third kappa shape index (κ3) is 3.02. The molecule has 0 radical (unpaired) electrons. The average Bonchev–Trinajstić information content (AvgIpc) is 2.47. The lowest BCUT2D eigenvalue weighted by atomic mass is 9.96. The van der Waals surface area contributed by atoms with Crippen LogP contribution in [0.2, 0.25) is 0 Å². The van der Waals surface area contributed by atoms with Gasteiger partial charge in [-0.05, 0) is 5.41 Å². The van der Waals surface area contributed by atoms with Gasteiger partial charge in [0.05, 0.1) is 11.8 Å². The minimum Gasteiger partial charge on any atom is -0.238 e. The molecule has 1 rings (SSSR count). The third-order valence-electron chi connectivity index (χ3n) is 1.48. The molecule has 0 N–H and O–H groups in total. The predicted molar refractivity (Wildman–Crippen MR) is 57.2 cm³/mol. The molecule has 0 aliphatic carbocycles. The zero-order valence-corrected chi connectivity index (χ0v) is 9.63. The lowest BCUT2D eigenvalue weighted by molar-refractivity contribution is 0.602. The summed E-state index contributed by atoms with van der Waals surface area (Å²) in [6, 6.07) is 2.09. The fraction of sp³-hybridized carbons (Fsp3) is 0.556. The monoisotopic (exact) mass is 212 g/mol. The van der Waals surface area contributed by atoms with Crippen molar-refractivity contribution in [1.29, 1.82) is 5.26 Å². The Morgan fingerprint density at radius 3 is 2.77 bits per heavy atom. The molecule has 0 bridgehead atoms. The van der Waals surface area contributed by atoms with Crippen molar-refractivity contribution in [2.45, 2.75) is 30.5 Å². The molecule has 1 aromatic heterocycles. The standard InChI is InChI=1S/C9H12N2S2/c1-9(2,3)7-6-11-8(13-7)12-5-4-10/h6H,5H2,1-3H3. The van der Waals surface area contributed by atoms with Gasteiger partial charge in [-0.15, -0.1) is 11.3 Å². The molecule has 0 aliphatic heterocycles. The first kappa shape index (κ1) is 10.6. The van der Waals surface area contributed by atoms with Crippen LogP contribution in [0.15, 0.2) is 10.5 Å². The highest BCUT2D eigenvalue weighted by Gasteiger charge is 2.16. The van der Waals surface area contributed by atoms with E-state index >= 15 is 0 Å². The van der Waals surface area contributed by atoms with E-state index in [4.69, 9.17) is 5.26 Å². The molecule has 0 atom stereocenters. The number of thiazole rings is 1. The smallest absolute Gasteiger partial charge is 0.151 e. The summed E-state index contributed by atoms with van der Waals surface area (Å²) >= 11 is 3.18. The molecule has 0 saturated heterocycles. The maximum absolute atomic E-state index is 8.40. The highest BCUT2D eigenvalue weighted by Crippen LogP contribution is 2.31. The van der Waals surface area contributed by atoms with Gasteiger partial charge in [0.25, 0.3) is 0 Å². The summed E-state index contributed by atoms with van der Waals surface area (Å²) in [4.78, 5) is 5.52. The van der Waals surface area contributed by atoms with Gasteiger partial charge in [-0.2, -0.15) is 5.26 Å². The third-order valence-corrected chi connectivity index (χ3v) is 3.93. The van der Waals surface area contributed by atoms with Crippen molar-refractivity contribution in [1.82, 2.24) is 4.98 Å². The number of hydrogen-bond donors (Lipinski definition) is 0. The van der Waals surface area contributed by atoms with E-state index in [9.17, 15) is 0 Å². The van der Waals surface area contributed by atoms with Crippen LogP contribution in [-0.4, -0.2) is 10.7 Å². The maximum atomic E-state index is 8.40. The molecular formula is C9H12N2S2. The van der Waals surface area contributed by atoms with Crippen LogP contribution >= 0.6 is 23.1 Å². The van der Waals surface area contributed by atoms with Crippen LogP contribution in [0.3, 0.4) is 0 Å². The number of nitrogens with zero attached hydrogens (tertiary/aromatic N) is 2. The van der Waals surface area contributed by atoms with Crippen molar-refractivity contribution in [2.75, 3.05) is 5.75 Å². The van der Waals surface area contributed by atoms with Crippen LogP contribution < -0.4 is 0 Å². The fourth-order valence-electron chi connectivity index (χ4n) is 0.766. The molecule has 70 valence electrons. The molecular weight excluding hydrogens is 200 g/mol. The summed E-state index contributed by atoms with van der Waals surface area (Å²) in [5.41, 5.74) is 0.170. The summed E-state index contributed by atoms with van der Waals surface area (Å²) in [7, 11) is 0. The van der Waals surface area contributed by atoms with Gasteiger partial charge in [0.15, 0.2) is 4.34 Å². The molecule has 4 heteroatoms. The fourth-order valence-corrected chi connectivity index (χ4v) is 2.47. The summed E-state index contributed by atoms with van der Waals surface area (Å²) < 4.78 is 0.992. The first-order valence-electron chi connectivity index (χ1n) is 4.00. The van der Waals surface area contributed by atoms with Gasteiger partial charge >= 0.3 is 0 Å². The van der Waals surface area contributed by atoms with E-state index in [1.165, 1.54) is 16.6 Å². The van der Waals surface area contributed by atoms with E-state index in [1.54, 1.807) is 11.3 Å². The van der Waals surface area contributed by atoms with Crippen molar-refractivity contribution in [2.24, 2.45) is 0 Å². The van der Waals surface area contributed by atoms with Gasteiger partial charge in [-0.3, -0.25) is 0 Å². The Hall–Kier alpha value is -0.530. The molecule has 1 heterocycles. The van der Waals surface area contributed by atoms with E-state index in [1.807, 2.05) is 6.20 Å². The highest BCUT2D eigenvalue weighted by molar-refractivity contribution is 8.01. The van der Waals surface area contributed by atoms with Gasteiger partial charge < -0.3 is 0 Å². The lowest BCUT2D eigenvalue weighted by Gasteiger charge is -2.14. The SMILES string of the molecule is CC(C)(C)c1cnc(SCC#N)s1. The topological polar surface area (TPSA) is 36.7 Å². The summed E-state index contributed by atoms with van der Waals surface area (Å²) in [6.07, 6.45) is 1.91. The average molecular weight is 212 g/mol. The molecule has 0 unspecified atom stereocenters. The Bertz CT molecular complexity index is 317. The minimum atomic E-state index is 0.170. The Balaban J connectivity index is 2.71. The van der Waals surface area contributed by atoms with E-state index in [0.29, 0.717) is 5.75 Å². The van der Waals surface area contributed by atoms with Crippen molar-refractivity contribution < 1.29 is 0 Å². The molecule has 0 aromatic carbocycles. The van der Waals surface area contributed by atoms with Gasteiger partial charge in [0.1, 0.15) is 0 Å². The van der Waals surface area contributed by atoms with Crippen molar-refractivity contribution in [3.05, 3.63) is 11.1 Å². The van der Waals surface area contributed by atoms with E-state index in [-0.39, 0.29) is 5.41 Å². The molecule has 0 spiro atoms.